The van der Waals surface area contributed by atoms with Crippen LogP contribution in [0.3, 0.4) is 0 Å². The first-order chi connectivity index (χ1) is 11.5. The maximum absolute atomic E-state index is 13.0. The molecule has 1 aliphatic rings. The Labute approximate surface area is 152 Å². The van der Waals surface area contributed by atoms with Crippen LogP contribution < -0.4 is 0 Å². The zero-order valence-corrected chi connectivity index (χ0v) is 16.1. The second-order valence-corrected chi connectivity index (χ2v) is 8.88. The first-order valence-corrected chi connectivity index (χ1v) is 10.3. The number of nitrogens with zero attached hydrogens (tertiary/aromatic N) is 2. The number of aromatic nitrogens is 1. The molecule has 5 heteroatoms. The highest BCUT2D eigenvalue weighted by Crippen LogP contribution is 2.29. The van der Waals surface area contributed by atoms with Gasteiger partial charge in [0.25, 0.3) is 5.91 Å². The first-order valence-electron chi connectivity index (χ1n) is 8.45. The highest BCUT2D eigenvalue weighted by atomic mass is 32.2. The van der Waals surface area contributed by atoms with Gasteiger partial charge >= 0.3 is 0 Å². The molecule has 0 saturated carbocycles. The van der Waals surface area contributed by atoms with Crippen molar-refractivity contribution in [1.82, 2.24) is 9.88 Å². The van der Waals surface area contributed by atoms with E-state index in [1.54, 1.807) is 23.1 Å². The van der Waals surface area contributed by atoms with Crippen molar-refractivity contribution in [3.8, 4) is 0 Å². The number of benzene rings is 1. The van der Waals surface area contributed by atoms with E-state index in [2.05, 4.69) is 24.2 Å². The maximum atomic E-state index is 13.0. The van der Waals surface area contributed by atoms with Crippen molar-refractivity contribution in [3.05, 3.63) is 45.9 Å². The molecule has 2 atom stereocenters. The molecular formula is C19H24N2OS2. The Bertz CT molecular complexity index is 703. The predicted octanol–water partition coefficient (Wildman–Crippen LogP) is 4.86. The van der Waals surface area contributed by atoms with Crippen LogP contribution in [-0.4, -0.2) is 28.9 Å². The fourth-order valence-electron chi connectivity index (χ4n) is 3.39. The highest BCUT2D eigenvalue weighted by Gasteiger charge is 2.27. The first kappa shape index (κ1) is 17.5. The third-order valence-corrected chi connectivity index (χ3v) is 6.25. The summed E-state index contributed by atoms with van der Waals surface area (Å²) in [4.78, 5) is 20.6. The summed E-state index contributed by atoms with van der Waals surface area (Å²) in [5, 5.41) is 3.19. The van der Waals surface area contributed by atoms with E-state index in [1.165, 1.54) is 6.42 Å². The summed E-state index contributed by atoms with van der Waals surface area (Å²) in [6, 6.07) is 7.97. The zero-order valence-electron chi connectivity index (χ0n) is 14.5. The van der Waals surface area contributed by atoms with Gasteiger partial charge in [-0.05, 0) is 37.3 Å². The molecule has 0 bridgehead atoms. The van der Waals surface area contributed by atoms with Gasteiger partial charge in [0.1, 0.15) is 0 Å². The van der Waals surface area contributed by atoms with Gasteiger partial charge in [0.15, 0.2) is 0 Å². The molecule has 128 valence electrons. The number of hydrogen-bond donors (Lipinski definition) is 0. The van der Waals surface area contributed by atoms with Crippen LogP contribution in [0.5, 0.6) is 0 Å². The molecule has 3 rings (SSSR count). The van der Waals surface area contributed by atoms with Crippen molar-refractivity contribution in [2.45, 2.75) is 37.8 Å². The van der Waals surface area contributed by atoms with Crippen LogP contribution in [0.4, 0.5) is 0 Å². The van der Waals surface area contributed by atoms with Crippen molar-refractivity contribution < 1.29 is 4.79 Å². The number of thioether (sulfide) groups is 1. The second kappa shape index (κ2) is 7.70. The van der Waals surface area contributed by atoms with Gasteiger partial charge in [0, 0.05) is 29.1 Å². The summed E-state index contributed by atoms with van der Waals surface area (Å²) >= 11 is 3.38. The molecule has 0 N–H and O–H groups in total. The monoisotopic (exact) mass is 360 g/mol. The Morgan fingerprint density at radius 2 is 2.00 bits per heavy atom. The third kappa shape index (κ3) is 4.19. The standard InChI is InChI=1S/C19H24N2OS2/c1-13-8-14(2)10-21(9-13)19(22)17-6-4-5-7-18(17)24-12-16-11-23-15(3)20-16/h4-7,11,13-14H,8-10,12H2,1-3H3. The Balaban J connectivity index is 1.74. The Morgan fingerprint density at radius 3 is 2.67 bits per heavy atom. The van der Waals surface area contributed by atoms with Crippen LogP contribution >= 0.6 is 23.1 Å². The quantitative estimate of drug-likeness (QED) is 0.730. The molecule has 1 aromatic carbocycles. The number of carbonyl (C=O) groups is 1. The minimum atomic E-state index is 0.172. The average Bonchev–Trinajstić information content (AvgIpc) is 2.97. The summed E-state index contributed by atoms with van der Waals surface area (Å²) in [5.74, 6) is 2.14. The third-order valence-electron chi connectivity index (χ3n) is 4.32. The number of rotatable bonds is 4. The Hall–Kier alpha value is -1.33. The van der Waals surface area contributed by atoms with Crippen molar-refractivity contribution in [2.75, 3.05) is 13.1 Å². The number of amides is 1. The van der Waals surface area contributed by atoms with Crippen LogP contribution in [0.2, 0.25) is 0 Å². The van der Waals surface area contributed by atoms with Gasteiger partial charge in [-0.15, -0.1) is 23.1 Å². The molecule has 1 saturated heterocycles. The molecule has 24 heavy (non-hydrogen) atoms. The van der Waals surface area contributed by atoms with Crippen molar-refractivity contribution in [3.63, 3.8) is 0 Å². The van der Waals surface area contributed by atoms with Crippen LogP contribution in [0.1, 0.15) is 41.3 Å². The summed E-state index contributed by atoms with van der Waals surface area (Å²) in [6.45, 7) is 8.23. The van der Waals surface area contributed by atoms with Gasteiger partial charge in [-0.2, -0.15) is 0 Å². The molecule has 2 heterocycles. The molecule has 1 fully saturated rings. The SMILES string of the molecule is Cc1nc(CSc2ccccc2C(=O)N2CC(C)CC(C)C2)cs1. The number of hydrogen-bond acceptors (Lipinski definition) is 4. The summed E-state index contributed by atoms with van der Waals surface area (Å²) in [7, 11) is 0. The topological polar surface area (TPSA) is 33.2 Å². The average molecular weight is 361 g/mol. The second-order valence-electron chi connectivity index (χ2n) is 6.80. The van der Waals surface area contributed by atoms with Crippen LogP contribution in [-0.2, 0) is 5.75 Å². The van der Waals surface area contributed by atoms with E-state index in [0.29, 0.717) is 11.8 Å². The van der Waals surface area contributed by atoms with Crippen molar-refractivity contribution in [2.24, 2.45) is 11.8 Å². The molecule has 3 nitrogen and oxygen atoms in total. The minimum Gasteiger partial charge on any atom is -0.338 e. The van der Waals surface area contributed by atoms with E-state index in [1.807, 2.05) is 36.1 Å². The Kier molecular flexibility index (Phi) is 5.61. The van der Waals surface area contributed by atoms with E-state index in [-0.39, 0.29) is 5.91 Å². The van der Waals surface area contributed by atoms with Crippen LogP contribution in [0.25, 0.3) is 0 Å². The number of carbonyl (C=O) groups excluding carboxylic acids is 1. The largest absolute Gasteiger partial charge is 0.338 e. The van der Waals surface area contributed by atoms with Crippen LogP contribution in [0.15, 0.2) is 34.5 Å². The molecule has 1 amide bonds. The van der Waals surface area contributed by atoms with Gasteiger partial charge < -0.3 is 4.90 Å². The fourth-order valence-corrected chi connectivity index (χ4v) is 5.05. The smallest absolute Gasteiger partial charge is 0.255 e. The minimum absolute atomic E-state index is 0.172. The van der Waals surface area contributed by atoms with E-state index < -0.39 is 0 Å². The van der Waals surface area contributed by atoms with Gasteiger partial charge in [-0.1, -0.05) is 26.0 Å². The number of aryl methyl sites for hydroxylation is 1. The Morgan fingerprint density at radius 1 is 1.29 bits per heavy atom. The number of thiazole rings is 1. The maximum Gasteiger partial charge on any atom is 0.255 e. The van der Waals surface area contributed by atoms with Gasteiger partial charge in [0.2, 0.25) is 0 Å². The number of piperidine rings is 1. The van der Waals surface area contributed by atoms with Gasteiger partial charge in [-0.3, -0.25) is 4.79 Å². The highest BCUT2D eigenvalue weighted by molar-refractivity contribution is 7.98. The van der Waals surface area contributed by atoms with Crippen LogP contribution in [0, 0.1) is 18.8 Å². The van der Waals surface area contributed by atoms with E-state index in [0.717, 1.165) is 40.0 Å². The number of likely N-dealkylation sites (tertiary alicyclic amines) is 1. The summed E-state index contributed by atoms with van der Waals surface area (Å²) in [5.41, 5.74) is 1.92. The lowest BCUT2D eigenvalue weighted by molar-refractivity contribution is 0.0619. The van der Waals surface area contributed by atoms with Crippen molar-refractivity contribution in [1.29, 1.82) is 0 Å². The molecule has 2 aromatic rings. The molecule has 2 unspecified atom stereocenters. The molecule has 0 spiro atoms. The molecule has 1 aromatic heterocycles. The lowest BCUT2D eigenvalue weighted by Gasteiger charge is -2.35. The van der Waals surface area contributed by atoms with Gasteiger partial charge in [0.05, 0.1) is 16.3 Å². The predicted molar refractivity (Wildman–Crippen MR) is 102 cm³/mol. The molecular weight excluding hydrogens is 336 g/mol. The van der Waals surface area contributed by atoms with Crippen molar-refractivity contribution >= 4 is 29.0 Å². The van der Waals surface area contributed by atoms with E-state index in [4.69, 9.17) is 0 Å². The fraction of sp³-hybridized carbons (Fsp3) is 0.474. The zero-order chi connectivity index (χ0) is 17.1. The lowest BCUT2D eigenvalue weighted by Crippen LogP contribution is -2.42. The molecule has 0 aliphatic carbocycles. The summed E-state index contributed by atoms with van der Waals surface area (Å²) in [6.07, 6.45) is 1.21. The summed E-state index contributed by atoms with van der Waals surface area (Å²) < 4.78 is 0. The lowest BCUT2D eigenvalue weighted by atomic mass is 9.91. The van der Waals surface area contributed by atoms with E-state index in [9.17, 15) is 4.79 Å². The van der Waals surface area contributed by atoms with E-state index >= 15 is 0 Å². The van der Waals surface area contributed by atoms with Gasteiger partial charge in [-0.25, -0.2) is 4.98 Å². The molecule has 0 radical (unpaired) electrons. The normalized spacial score (nSPS) is 21.0. The molecule has 1 aliphatic heterocycles.